The summed E-state index contributed by atoms with van der Waals surface area (Å²) in [4.78, 5) is 0. The quantitative estimate of drug-likeness (QED) is 0.320. The Hall–Kier alpha value is -0.210. The van der Waals surface area contributed by atoms with Gasteiger partial charge in [0.05, 0.1) is 11.9 Å². The average molecular weight is 254 g/mol. The fraction of sp³-hybridized carbons (Fsp3) is 1.00. The zero-order valence-electron chi connectivity index (χ0n) is 9.83. The summed E-state index contributed by atoms with van der Waals surface area (Å²) in [6.45, 7) is 3.69. The van der Waals surface area contributed by atoms with Crippen LogP contribution in [-0.4, -0.2) is 47.5 Å². The maximum atomic E-state index is 10.8. The van der Waals surface area contributed by atoms with Crippen LogP contribution in [0.15, 0.2) is 0 Å². The number of hydrogen-bond acceptors (Lipinski definition) is 5. The monoisotopic (exact) mass is 254 g/mol. The fourth-order valence-electron chi connectivity index (χ4n) is 1.36. The Bertz CT molecular complexity index is 281. The van der Waals surface area contributed by atoms with Gasteiger partial charge in [-0.05, 0) is 19.8 Å². The zero-order chi connectivity index (χ0) is 12.8. The highest BCUT2D eigenvalue weighted by Gasteiger charge is 2.20. The molecule has 0 aromatic heterocycles. The lowest BCUT2D eigenvalue weighted by Gasteiger charge is -2.26. The van der Waals surface area contributed by atoms with E-state index in [1.165, 1.54) is 11.9 Å². The Morgan fingerprint density at radius 2 is 1.94 bits per heavy atom. The van der Waals surface area contributed by atoms with Crippen LogP contribution in [0, 0.1) is 0 Å². The van der Waals surface area contributed by atoms with Gasteiger partial charge >= 0.3 is 0 Å². The van der Waals surface area contributed by atoms with Gasteiger partial charge in [-0.25, -0.2) is 5.01 Å². The summed E-state index contributed by atoms with van der Waals surface area (Å²) in [5, 5.41) is 9.67. The summed E-state index contributed by atoms with van der Waals surface area (Å²) in [5.41, 5.74) is 0. The van der Waals surface area contributed by atoms with Crippen molar-refractivity contribution >= 4 is 10.1 Å². The van der Waals surface area contributed by atoms with E-state index in [1.54, 1.807) is 0 Å². The highest BCUT2D eigenvalue weighted by Crippen LogP contribution is 2.07. The highest BCUT2D eigenvalue weighted by molar-refractivity contribution is 7.86. The Kier molecular flexibility index (Phi) is 7.09. The van der Waals surface area contributed by atoms with Crippen molar-refractivity contribution < 1.29 is 18.1 Å². The van der Waals surface area contributed by atoms with Crippen molar-refractivity contribution in [3.05, 3.63) is 0 Å². The summed E-state index contributed by atoms with van der Waals surface area (Å²) in [6, 6.07) is -0.154. The van der Waals surface area contributed by atoms with E-state index in [0.29, 0.717) is 6.54 Å². The molecule has 2 unspecified atom stereocenters. The van der Waals surface area contributed by atoms with Crippen LogP contribution >= 0.6 is 0 Å². The summed E-state index contributed by atoms with van der Waals surface area (Å²) < 4.78 is 30.3. The van der Waals surface area contributed by atoms with Crippen molar-refractivity contribution in [2.45, 2.75) is 44.4 Å². The first-order valence-electron chi connectivity index (χ1n) is 5.41. The first-order chi connectivity index (χ1) is 7.32. The highest BCUT2D eigenvalue weighted by atomic mass is 32.2. The lowest BCUT2D eigenvalue weighted by Crippen LogP contribution is -2.44. The third-order valence-corrected chi connectivity index (χ3v) is 3.86. The minimum atomic E-state index is -3.99. The molecule has 98 valence electrons. The van der Waals surface area contributed by atoms with Gasteiger partial charge in [0.25, 0.3) is 10.1 Å². The molecule has 6 nitrogen and oxygen atoms in total. The summed E-state index contributed by atoms with van der Waals surface area (Å²) in [5.74, 6) is 5.70. The van der Waals surface area contributed by atoms with Crippen LogP contribution in [0.2, 0.25) is 0 Å². The fourth-order valence-corrected chi connectivity index (χ4v) is 1.76. The van der Waals surface area contributed by atoms with E-state index in [9.17, 15) is 8.42 Å². The van der Waals surface area contributed by atoms with E-state index in [-0.39, 0.29) is 19.1 Å². The molecular formula is C9H22N2O4S. The number of aliphatic hydroxyl groups excluding tert-OH is 1. The first-order valence-corrected chi connectivity index (χ1v) is 6.91. The molecule has 0 aromatic rings. The van der Waals surface area contributed by atoms with Gasteiger partial charge in [0, 0.05) is 12.6 Å². The van der Waals surface area contributed by atoms with Crippen LogP contribution in [0.1, 0.15) is 33.1 Å². The maximum Gasteiger partial charge on any atom is 0.267 e. The molecule has 0 heterocycles. The summed E-state index contributed by atoms with van der Waals surface area (Å²) in [6.07, 6.45) is 1.90. The van der Waals surface area contributed by atoms with Crippen LogP contribution in [0.4, 0.5) is 0 Å². The van der Waals surface area contributed by atoms with Gasteiger partial charge in [0.1, 0.15) is 0 Å². The van der Waals surface area contributed by atoms with Crippen molar-refractivity contribution in [2.24, 2.45) is 5.84 Å². The molecule has 0 aliphatic rings. The lowest BCUT2D eigenvalue weighted by molar-refractivity contribution is 0.115. The van der Waals surface area contributed by atoms with Crippen LogP contribution in [0.3, 0.4) is 0 Å². The molecule has 2 atom stereocenters. The van der Waals surface area contributed by atoms with Crippen LogP contribution in [0.5, 0.6) is 0 Å². The van der Waals surface area contributed by atoms with Gasteiger partial charge in [-0.15, -0.1) is 0 Å². The average Bonchev–Trinajstić information content (AvgIpc) is 2.20. The van der Waals surface area contributed by atoms with Gasteiger partial charge in [0.2, 0.25) is 0 Å². The van der Waals surface area contributed by atoms with Crippen molar-refractivity contribution in [3.8, 4) is 0 Å². The Morgan fingerprint density at radius 1 is 1.38 bits per heavy atom. The standard InChI is InChI=1S/C9H22N2O4S/c1-3-4-9(7-12)11(10)6-5-8(2)16(13,14)15/h8-9,12H,3-7,10H2,1-2H3,(H,13,14,15). The molecule has 16 heavy (non-hydrogen) atoms. The molecule has 7 heteroatoms. The minimum absolute atomic E-state index is 0.0510. The molecule has 0 aliphatic carbocycles. The van der Waals surface area contributed by atoms with Gasteiger partial charge in [-0.2, -0.15) is 8.42 Å². The number of nitrogens with two attached hydrogens (primary N) is 1. The number of hydrogen-bond donors (Lipinski definition) is 3. The molecule has 0 amide bonds. The second-order valence-corrected chi connectivity index (χ2v) is 5.81. The molecular weight excluding hydrogens is 232 g/mol. The molecule has 4 N–H and O–H groups in total. The molecule has 0 aromatic carbocycles. The van der Waals surface area contributed by atoms with Crippen LogP contribution < -0.4 is 5.84 Å². The molecule has 0 spiro atoms. The third kappa shape index (κ3) is 5.76. The Labute approximate surface area is 97.2 Å². The smallest absolute Gasteiger partial charge is 0.267 e. The van der Waals surface area contributed by atoms with Crippen molar-refractivity contribution in [1.82, 2.24) is 5.01 Å². The molecule has 0 saturated heterocycles. The largest absolute Gasteiger partial charge is 0.395 e. The maximum absolute atomic E-state index is 10.8. The molecule has 0 bridgehead atoms. The molecule has 0 aliphatic heterocycles. The topological polar surface area (TPSA) is 104 Å². The van der Waals surface area contributed by atoms with E-state index in [1.807, 2.05) is 6.92 Å². The Morgan fingerprint density at radius 3 is 2.31 bits per heavy atom. The molecule has 0 rings (SSSR count). The van der Waals surface area contributed by atoms with E-state index in [2.05, 4.69) is 0 Å². The van der Waals surface area contributed by atoms with Gasteiger partial charge in [0.15, 0.2) is 0 Å². The van der Waals surface area contributed by atoms with Crippen molar-refractivity contribution in [2.75, 3.05) is 13.2 Å². The zero-order valence-corrected chi connectivity index (χ0v) is 10.7. The number of hydrazine groups is 1. The predicted molar refractivity (Wildman–Crippen MR) is 62.3 cm³/mol. The second-order valence-electron chi connectivity index (χ2n) is 3.98. The second kappa shape index (κ2) is 7.18. The van der Waals surface area contributed by atoms with Crippen molar-refractivity contribution in [3.63, 3.8) is 0 Å². The molecule has 0 radical (unpaired) electrons. The summed E-state index contributed by atoms with van der Waals surface area (Å²) >= 11 is 0. The van der Waals surface area contributed by atoms with E-state index < -0.39 is 15.4 Å². The van der Waals surface area contributed by atoms with E-state index in [0.717, 1.165) is 12.8 Å². The predicted octanol–water partition coefficient (Wildman–Crippen LogP) is -0.0105. The van der Waals surface area contributed by atoms with Gasteiger partial charge in [-0.1, -0.05) is 13.3 Å². The van der Waals surface area contributed by atoms with E-state index >= 15 is 0 Å². The number of rotatable bonds is 8. The Balaban J connectivity index is 4.09. The lowest BCUT2D eigenvalue weighted by atomic mass is 10.1. The third-order valence-electron chi connectivity index (χ3n) is 2.60. The minimum Gasteiger partial charge on any atom is -0.395 e. The number of aliphatic hydroxyl groups is 1. The molecule has 0 saturated carbocycles. The van der Waals surface area contributed by atoms with E-state index in [4.69, 9.17) is 15.5 Å². The van der Waals surface area contributed by atoms with Crippen LogP contribution in [-0.2, 0) is 10.1 Å². The molecule has 0 fully saturated rings. The summed E-state index contributed by atoms with van der Waals surface area (Å²) in [7, 11) is -3.99. The van der Waals surface area contributed by atoms with Crippen LogP contribution in [0.25, 0.3) is 0 Å². The SMILES string of the molecule is CCCC(CO)N(N)CCC(C)S(=O)(=O)O. The van der Waals surface area contributed by atoms with Gasteiger partial charge < -0.3 is 5.11 Å². The van der Waals surface area contributed by atoms with Gasteiger partial charge in [-0.3, -0.25) is 10.4 Å². The first kappa shape index (κ1) is 15.8. The number of nitrogens with zero attached hydrogens (tertiary/aromatic N) is 1. The van der Waals surface area contributed by atoms with Crippen molar-refractivity contribution in [1.29, 1.82) is 0 Å². The normalized spacial score (nSPS) is 16.4.